The number of amidine groups is 1. The first-order valence-corrected chi connectivity index (χ1v) is 9.38. The molecule has 0 amide bonds. The van der Waals surface area contributed by atoms with Crippen molar-refractivity contribution >= 4 is 55.0 Å². The zero-order valence-corrected chi connectivity index (χ0v) is 16.7. The van der Waals surface area contributed by atoms with Crippen LogP contribution in [0.5, 0.6) is 11.5 Å². The van der Waals surface area contributed by atoms with Gasteiger partial charge < -0.3 is 15.6 Å². The molecule has 0 saturated heterocycles. The van der Waals surface area contributed by atoms with Crippen molar-refractivity contribution in [3.8, 4) is 11.5 Å². The van der Waals surface area contributed by atoms with Gasteiger partial charge in [-0.1, -0.05) is 42.1 Å². The van der Waals surface area contributed by atoms with Crippen molar-refractivity contribution in [1.82, 2.24) is 0 Å². The average molecular weight is 473 g/mol. The highest BCUT2D eigenvalue weighted by Crippen LogP contribution is 2.39. The van der Waals surface area contributed by atoms with E-state index >= 15 is 0 Å². The number of nitrogens with zero attached hydrogens (tertiary/aromatic N) is 2. The summed E-state index contributed by atoms with van der Waals surface area (Å²) in [5.74, 6) is 1.02. The van der Waals surface area contributed by atoms with Crippen LogP contribution in [0.25, 0.3) is 0 Å². The molecule has 0 spiro atoms. The van der Waals surface area contributed by atoms with E-state index in [4.69, 9.17) is 10.5 Å². The number of hydrogen-bond acceptors (Lipinski definition) is 5. The van der Waals surface area contributed by atoms with Gasteiger partial charge in [0.25, 0.3) is 0 Å². The van der Waals surface area contributed by atoms with Crippen molar-refractivity contribution in [2.75, 3.05) is 7.11 Å². The predicted octanol–water partition coefficient (Wildman–Crippen LogP) is 4.51. The third-order valence-electron chi connectivity index (χ3n) is 2.99. The van der Waals surface area contributed by atoms with Gasteiger partial charge in [-0.15, -0.1) is 5.10 Å². The minimum Gasteiger partial charge on any atom is -0.504 e. The number of hydrogen-bond donors (Lipinski definition) is 2. The van der Waals surface area contributed by atoms with Crippen molar-refractivity contribution in [1.29, 1.82) is 0 Å². The van der Waals surface area contributed by atoms with E-state index in [2.05, 4.69) is 42.1 Å². The Morgan fingerprint density at radius 2 is 2.04 bits per heavy atom. The molecule has 0 aliphatic rings. The first-order valence-electron chi connectivity index (χ1n) is 6.81. The Balaban J connectivity index is 2.09. The number of benzene rings is 2. The number of rotatable bonds is 5. The largest absolute Gasteiger partial charge is 0.504 e. The Kier molecular flexibility index (Phi) is 7.14. The smallest absolute Gasteiger partial charge is 0.180 e. The molecule has 0 saturated carbocycles. The maximum absolute atomic E-state index is 10.2. The number of phenols is 1. The number of aromatic hydroxyl groups is 1. The fourth-order valence-corrected chi connectivity index (χ4v) is 3.23. The van der Waals surface area contributed by atoms with E-state index in [1.165, 1.54) is 25.1 Å². The van der Waals surface area contributed by atoms with Gasteiger partial charge in [0, 0.05) is 14.7 Å². The van der Waals surface area contributed by atoms with E-state index in [9.17, 15) is 5.11 Å². The number of phenolic OH excluding ortho intramolecular Hbond substituents is 1. The van der Waals surface area contributed by atoms with Crippen LogP contribution in [0.15, 0.2) is 55.5 Å². The van der Waals surface area contributed by atoms with Crippen molar-refractivity contribution < 1.29 is 9.84 Å². The van der Waals surface area contributed by atoms with Gasteiger partial charge in [-0.25, -0.2) is 0 Å². The topological polar surface area (TPSA) is 80.2 Å². The fourth-order valence-electron chi connectivity index (χ4n) is 1.79. The second kappa shape index (κ2) is 9.10. The van der Waals surface area contributed by atoms with Crippen LogP contribution in [-0.4, -0.2) is 23.6 Å². The van der Waals surface area contributed by atoms with Crippen molar-refractivity contribution in [3.63, 3.8) is 0 Å². The first-order chi connectivity index (χ1) is 11.5. The Morgan fingerprint density at radius 1 is 1.33 bits per heavy atom. The molecule has 0 aliphatic carbocycles. The summed E-state index contributed by atoms with van der Waals surface area (Å²) in [6, 6.07) is 11.6. The summed E-state index contributed by atoms with van der Waals surface area (Å²) in [7, 11) is 1.48. The third kappa shape index (κ3) is 4.99. The molecule has 0 aromatic heterocycles. The van der Waals surface area contributed by atoms with Gasteiger partial charge in [-0.3, -0.25) is 0 Å². The zero-order chi connectivity index (χ0) is 17.5. The summed E-state index contributed by atoms with van der Waals surface area (Å²) >= 11 is 8.15. The van der Waals surface area contributed by atoms with E-state index in [0.717, 1.165) is 10.0 Å². The Labute approximate surface area is 161 Å². The number of methoxy groups -OCH3 is 1. The lowest BCUT2D eigenvalue weighted by atomic mass is 10.2. The summed E-state index contributed by atoms with van der Waals surface area (Å²) < 4.78 is 6.49. The molecule has 0 atom stereocenters. The minimum absolute atomic E-state index is 0.0259. The van der Waals surface area contributed by atoms with Gasteiger partial charge in [0.2, 0.25) is 0 Å². The predicted molar refractivity (Wildman–Crippen MR) is 107 cm³/mol. The van der Waals surface area contributed by atoms with Crippen LogP contribution < -0.4 is 10.5 Å². The second-order valence-electron chi connectivity index (χ2n) is 4.59. The molecule has 0 aliphatic heterocycles. The summed E-state index contributed by atoms with van der Waals surface area (Å²) in [5.41, 5.74) is 7.44. The Hall–Kier alpha value is -1.51. The summed E-state index contributed by atoms with van der Waals surface area (Å²) in [4.78, 5) is 0. The molecule has 2 aromatic carbocycles. The molecule has 0 unspecified atom stereocenters. The lowest BCUT2D eigenvalue weighted by Gasteiger charge is -2.09. The van der Waals surface area contributed by atoms with Crippen molar-refractivity contribution in [3.05, 3.63) is 56.5 Å². The van der Waals surface area contributed by atoms with Crippen LogP contribution in [0.4, 0.5) is 0 Å². The van der Waals surface area contributed by atoms with Gasteiger partial charge in [0.05, 0.1) is 18.9 Å². The maximum Gasteiger partial charge on any atom is 0.180 e. The van der Waals surface area contributed by atoms with Crippen LogP contribution in [0, 0.1) is 0 Å². The van der Waals surface area contributed by atoms with Gasteiger partial charge in [-0.2, -0.15) is 5.10 Å². The van der Waals surface area contributed by atoms with Gasteiger partial charge in [0.1, 0.15) is 0 Å². The Morgan fingerprint density at radius 3 is 2.71 bits per heavy atom. The summed E-state index contributed by atoms with van der Waals surface area (Å²) in [6.45, 7) is 0. The Bertz CT molecular complexity index is 768. The number of thioether (sulfide) groups is 1. The maximum atomic E-state index is 10.2. The molecule has 24 heavy (non-hydrogen) atoms. The molecule has 5 nitrogen and oxygen atoms in total. The van der Waals surface area contributed by atoms with Crippen LogP contribution in [-0.2, 0) is 5.75 Å². The molecule has 0 heterocycles. The normalized spacial score (nSPS) is 11.9. The highest BCUT2D eigenvalue weighted by molar-refractivity contribution is 9.13. The van der Waals surface area contributed by atoms with Crippen molar-refractivity contribution in [2.45, 2.75) is 5.75 Å². The van der Waals surface area contributed by atoms with Gasteiger partial charge in [0.15, 0.2) is 16.7 Å². The summed E-state index contributed by atoms with van der Waals surface area (Å²) in [6.07, 6.45) is 1.42. The van der Waals surface area contributed by atoms with Crippen LogP contribution in [0.1, 0.15) is 11.1 Å². The highest BCUT2D eigenvalue weighted by atomic mass is 79.9. The lowest BCUT2D eigenvalue weighted by molar-refractivity contribution is 0.372. The van der Waals surface area contributed by atoms with E-state index in [-0.39, 0.29) is 5.75 Å². The van der Waals surface area contributed by atoms with Gasteiger partial charge in [-0.05, 0) is 43.5 Å². The average Bonchev–Trinajstić information content (AvgIpc) is 2.60. The monoisotopic (exact) mass is 471 g/mol. The highest BCUT2D eigenvalue weighted by Gasteiger charge is 2.14. The number of halogens is 2. The standard InChI is InChI=1S/C16H15Br2N3O2S/c1-23-13-7-12(17)14(18)11(15(13)22)8-20-21-16(19)24-9-10-5-3-2-4-6-10/h2-8,22H,9H2,1H3,(H2,19,21). The van der Waals surface area contributed by atoms with Crippen LogP contribution >= 0.6 is 43.6 Å². The lowest BCUT2D eigenvalue weighted by Crippen LogP contribution is -2.06. The number of ether oxygens (including phenoxy) is 1. The molecule has 0 fully saturated rings. The molecule has 3 N–H and O–H groups in total. The molecule has 8 heteroatoms. The molecule has 0 radical (unpaired) electrons. The van der Waals surface area contributed by atoms with Crippen LogP contribution in [0.2, 0.25) is 0 Å². The molecule has 2 aromatic rings. The van der Waals surface area contributed by atoms with Crippen LogP contribution in [0.3, 0.4) is 0 Å². The van der Waals surface area contributed by atoms with Crippen molar-refractivity contribution in [2.24, 2.45) is 15.9 Å². The van der Waals surface area contributed by atoms with E-state index in [1.807, 2.05) is 30.3 Å². The number of nitrogens with two attached hydrogens (primary N) is 1. The molecule has 0 bridgehead atoms. The zero-order valence-electron chi connectivity index (χ0n) is 12.7. The second-order valence-corrected chi connectivity index (χ2v) is 7.24. The SMILES string of the molecule is COc1cc(Br)c(Br)c(C=NN=C(N)SCc2ccccc2)c1O. The molecular weight excluding hydrogens is 458 g/mol. The fraction of sp³-hybridized carbons (Fsp3) is 0.125. The molecular formula is C16H15Br2N3O2S. The minimum atomic E-state index is -0.0259. The van der Waals surface area contributed by atoms with Gasteiger partial charge >= 0.3 is 0 Å². The van der Waals surface area contributed by atoms with E-state index < -0.39 is 0 Å². The molecule has 126 valence electrons. The quantitative estimate of drug-likeness (QED) is 0.381. The molecule has 2 rings (SSSR count). The van der Waals surface area contributed by atoms with E-state index in [1.54, 1.807) is 6.07 Å². The third-order valence-corrected chi connectivity index (χ3v) is 5.85. The first kappa shape index (κ1) is 18.8. The van der Waals surface area contributed by atoms with E-state index in [0.29, 0.717) is 26.7 Å². The summed E-state index contributed by atoms with van der Waals surface area (Å²) in [5, 5.41) is 18.4.